The van der Waals surface area contributed by atoms with E-state index in [-0.39, 0.29) is 43.1 Å². The zero-order valence-corrected chi connectivity index (χ0v) is 27.4. The second-order valence-electron chi connectivity index (χ2n) is 11.3. The molecule has 0 atom stereocenters. The minimum atomic E-state index is -0.595. The molecule has 4 heteroatoms. The molecule has 0 radical (unpaired) electrons. The molecule has 3 nitrogen and oxygen atoms in total. The van der Waals surface area contributed by atoms with Crippen molar-refractivity contribution in [3.05, 3.63) is 176 Å². The Morgan fingerprint density at radius 3 is 1.41 bits per heavy atom. The SMILES string of the molecule is [2H]c1c([2H])c([2H])c(-c2nc(-c3cccc(-c4cccc5c4[se]c4c(-c6ccc(-c7ccccc7)cc6)cccc45)c3)nc(-c3c([2H])c([2H])c([2H])c([2H])c3[2H])n2)c([2H])c1[2H]. The third-order valence-electron chi connectivity index (χ3n) is 8.34. The molecule has 49 heavy (non-hydrogen) atoms. The van der Waals surface area contributed by atoms with Gasteiger partial charge in [-0.1, -0.05) is 0 Å². The van der Waals surface area contributed by atoms with Crippen LogP contribution in [0.1, 0.15) is 13.7 Å². The monoisotopic (exact) mass is 701 g/mol. The standard InChI is InChI=1S/C45H29N3Se/c1-4-13-30(14-5-1)31-25-27-32(28-26-31)37-21-11-23-39-40-24-12-22-38(42(40)49-41(37)39)35-19-10-20-36(29-35)45-47-43(33-15-6-2-7-16-33)46-44(48-45)34-17-8-3-9-18-34/h1-29H/i2D,3D,6D,7D,8D,9D,15D,16D,17D,18D. The number of fused-ring (bicyclic) bond motifs is 3. The summed E-state index contributed by atoms with van der Waals surface area (Å²) in [5.41, 5.74) is 6.36. The Morgan fingerprint density at radius 2 is 0.816 bits per heavy atom. The van der Waals surface area contributed by atoms with Crippen molar-refractivity contribution in [2.24, 2.45) is 0 Å². The second-order valence-corrected chi connectivity index (χ2v) is 13.4. The normalized spacial score (nSPS) is 14.1. The Labute approximate surface area is 305 Å². The van der Waals surface area contributed by atoms with Gasteiger partial charge in [0.25, 0.3) is 0 Å². The van der Waals surface area contributed by atoms with Crippen LogP contribution in [0.15, 0.2) is 176 Å². The molecule has 2 heterocycles. The molecule has 0 bridgehead atoms. The molecule has 0 amide bonds. The Hall–Kier alpha value is -5.93. The Morgan fingerprint density at radius 1 is 0.367 bits per heavy atom. The van der Waals surface area contributed by atoms with Gasteiger partial charge in [-0.15, -0.1) is 0 Å². The first-order chi connectivity index (χ1) is 28.4. The van der Waals surface area contributed by atoms with Gasteiger partial charge in [0.15, 0.2) is 0 Å². The van der Waals surface area contributed by atoms with Crippen molar-refractivity contribution in [2.75, 3.05) is 0 Å². The molecule has 230 valence electrons. The van der Waals surface area contributed by atoms with E-state index in [1.165, 1.54) is 19.5 Å². The van der Waals surface area contributed by atoms with Gasteiger partial charge in [-0.05, 0) is 0 Å². The zero-order valence-electron chi connectivity index (χ0n) is 35.7. The van der Waals surface area contributed by atoms with Crippen molar-refractivity contribution in [2.45, 2.75) is 0 Å². The fraction of sp³-hybridized carbons (Fsp3) is 0. The number of aromatic nitrogens is 3. The van der Waals surface area contributed by atoms with Crippen LogP contribution in [-0.4, -0.2) is 29.5 Å². The summed E-state index contributed by atoms with van der Waals surface area (Å²) in [7, 11) is 0. The van der Waals surface area contributed by atoms with E-state index in [2.05, 4.69) is 81.7 Å². The van der Waals surface area contributed by atoms with Gasteiger partial charge in [0.1, 0.15) is 0 Å². The van der Waals surface area contributed by atoms with Crippen LogP contribution >= 0.6 is 0 Å². The van der Waals surface area contributed by atoms with Crippen LogP contribution in [0, 0.1) is 0 Å². The van der Waals surface area contributed by atoms with Crippen LogP contribution in [0.2, 0.25) is 0 Å². The summed E-state index contributed by atoms with van der Waals surface area (Å²) in [4.78, 5) is 13.7. The van der Waals surface area contributed by atoms with Crippen molar-refractivity contribution in [1.82, 2.24) is 15.0 Å². The van der Waals surface area contributed by atoms with Crippen LogP contribution in [-0.2, 0) is 0 Å². The molecule has 0 fully saturated rings. The van der Waals surface area contributed by atoms with Gasteiger partial charge < -0.3 is 0 Å². The number of hydrogen-bond donors (Lipinski definition) is 0. The Bertz CT molecular complexity index is 3020. The van der Waals surface area contributed by atoms with Crippen LogP contribution in [0.5, 0.6) is 0 Å². The first-order valence-electron chi connectivity index (χ1n) is 20.5. The van der Waals surface area contributed by atoms with Crippen molar-refractivity contribution < 1.29 is 13.7 Å². The third kappa shape index (κ3) is 5.58. The van der Waals surface area contributed by atoms with E-state index in [4.69, 9.17) is 13.7 Å². The molecule has 2 aromatic heterocycles. The molecule has 9 rings (SSSR count). The van der Waals surface area contributed by atoms with Gasteiger partial charge in [0.05, 0.1) is 2.74 Å². The van der Waals surface area contributed by atoms with Gasteiger partial charge in [-0.3, -0.25) is 0 Å². The van der Waals surface area contributed by atoms with Gasteiger partial charge >= 0.3 is 303 Å². The molecule has 9 aromatic rings. The summed E-state index contributed by atoms with van der Waals surface area (Å²) in [6, 6.07) is 33.3. The predicted molar refractivity (Wildman–Crippen MR) is 204 cm³/mol. The summed E-state index contributed by atoms with van der Waals surface area (Å²) in [5.74, 6) is -0.584. The number of rotatable bonds is 6. The van der Waals surface area contributed by atoms with Gasteiger partial charge in [0, 0.05) is 0 Å². The summed E-state index contributed by atoms with van der Waals surface area (Å²) in [6.45, 7) is 0. The molecule has 0 aliphatic heterocycles. The van der Waals surface area contributed by atoms with E-state index in [0.717, 1.165) is 33.2 Å². The first-order valence-corrected chi connectivity index (χ1v) is 17.3. The van der Waals surface area contributed by atoms with Crippen molar-refractivity contribution in [3.63, 3.8) is 0 Å². The predicted octanol–water partition coefficient (Wildman–Crippen LogP) is 11.2. The van der Waals surface area contributed by atoms with E-state index in [1.54, 1.807) is 6.07 Å². The van der Waals surface area contributed by atoms with Crippen molar-refractivity contribution >= 4 is 33.8 Å². The van der Waals surface area contributed by atoms with Crippen LogP contribution in [0.4, 0.5) is 0 Å². The molecule has 0 N–H and O–H groups in total. The maximum absolute atomic E-state index is 8.66. The first kappa shape index (κ1) is 20.4. The summed E-state index contributed by atoms with van der Waals surface area (Å²) < 4.78 is 86.5. The van der Waals surface area contributed by atoms with E-state index >= 15 is 0 Å². The summed E-state index contributed by atoms with van der Waals surface area (Å²) in [6.07, 6.45) is 0. The van der Waals surface area contributed by atoms with Gasteiger partial charge in [-0.25, -0.2) is 0 Å². The average Bonchev–Trinajstić information content (AvgIpc) is 3.66. The van der Waals surface area contributed by atoms with Crippen LogP contribution in [0.25, 0.3) is 86.8 Å². The minimum absolute atomic E-state index is 0.0214. The molecule has 0 saturated carbocycles. The van der Waals surface area contributed by atoms with Crippen LogP contribution < -0.4 is 0 Å². The molecule has 0 saturated heterocycles. The second kappa shape index (κ2) is 12.6. The Balaban J connectivity index is 1.21. The third-order valence-corrected chi connectivity index (χ3v) is 11.0. The summed E-state index contributed by atoms with van der Waals surface area (Å²) >= 11 is -0.0680. The molecule has 7 aromatic carbocycles. The van der Waals surface area contributed by atoms with E-state index in [0.29, 0.717) is 5.56 Å². The topological polar surface area (TPSA) is 38.7 Å². The Kier molecular flexibility index (Phi) is 5.25. The van der Waals surface area contributed by atoms with E-state index < -0.39 is 60.4 Å². The molecule has 0 spiro atoms. The quantitative estimate of drug-likeness (QED) is 0.162. The summed E-state index contributed by atoms with van der Waals surface area (Å²) in [5, 5.41) is 2.34. The molecule has 0 unspecified atom stereocenters. The molecular formula is C45H29N3Se. The molecule has 0 aliphatic rings. The van der Waals surface area contributed by atoms with E-state index in [9.17, 15) is 0 Å². The fourth-order valence-electron chi connectivity index (χ4n) is 6.03. The van der Waals surface area contributed by atoms with Gasteiger partial charge in [0.2, 0.25) is 0 Å². The number of nitrogens with zero attached hydrogens (tertiary/aromatic N) is 3. The van der Waals surface area contributed by atoms with E-state index in [1.807, 2.05) is 42.5 Å². The van der Waals surface area contributed by atoms with Gasteiger partial charge in [-0.2, -0.15) is 0 Å². The zero-order chi connectivity index (χ0) is 41.3. The average molecular weight is 701 g/mol. The van der Waals surface area contributed by atoms with Crippen molar-refractivity contribution in [3.8, 4) is 67.5 Å². The number of hydrogen-bond acceptors (Lipinski definition) is 3. The molecular weight excluding hydrogens is 661 g/mol. The van der Waals surface area contributed by atoms with Crippen LogP contribution in [0.3, 0.4) is 0 Å². The van der Waals surface area contributed by atoms with Crippen molar-refractivity contribution in [1.29, 1.82) is 0 Å². The number of benzene rings is 7. The maximum atomic E-state index is 8.66. The molecule has 0 aliphatic carbocycles. The fourth-order valence-corrected chi connectivity index (χ4v) is 8.90.